The van der Waals surface area contributed by atoms with Crippen molar-refractivity contribution in [3.05, 3.63) is 40.8 Å². The number of rotatable bonds is 5. The molecular weight excluding hydrogens is 346 g/mol. The van der Waals surface area contributed by atoms with E-state index in [-0.39, 0.29) is 17.4 Å². The summed E-state index contributed by atoms with van der Waals surface area (Å²) in [6.45, 7) is 6.30. The molecule has 0 aliphatic heterocycles. The van der Waals surface area contributed by atoms with Gasteiger partial charge in [0.05, 0.1) is 32.9 Å². The van der Waals surface area contributed by atoms with Crippen molar-refractivity contribution in [2.75, 3.05) is 21.3 Å². The van der Waals surface area contributed by atoms with Crippen LogP contribution in [0, 0.1) is 12.3 Å². The molecule has 0 saturated heterocycles. The van der Waals surface area contributed by atoms with Crippen molar-refractivity contribution in [1.29, 1.82) is 0 Å². The first-order valence-corrected chi connectivity index (χ1v) is 8.98. The van der Waals surface area contributed by atoms with Gasteiger partial charge in [-0.15, -0.1) is 0 Å². The number of methoxy groups -OCH3 is 3. The van der Waals surface area contributed by atoms with Gasteiger partial charge in [0.1, 0.15) is 17.3 Å². The lowest BCUT2D eigenvalue weighted by molar-refractivity contribution is 0.0914. The second kappa shape index (κ2) is 7.18. The van der Waals surface area contributed by atoms with Gasteiger partial charge in [-0.3, -0.25) is 4.79 Å². The maximum atomic E-state index is 13.1. The lowest BCUT2D eigenvalue weighted by Gasteiger charge is -2.34. The van der Waals surface area contributed by atoms with Gasteiger partial charge in [-0.1, -0.05) is 13.8 Å². The molecule has 1 amide bonds. The summed E-state index contributed by atoms with van der Waals surface area (Å²) in [6, 6.07) is 5.20. The average molecular weight is 373 g/mol. The van der Waals surface area contributed by atoms with Gasteiger partial charge in [0.2, 0.25) is 0 Å². The molecule has 0 saturated carbocycles. The van der Waals surface area contributed by atoms with E-state index in [0.29, 0.717) is 22.8 Å². The highest BCUT2D eigenvalue weighted by Crippen LogP contribution is 2.42. The van der Waals surface area contributed by atoms with E-state index in [1.807, 2.05) is 13.0 Å². The Morgan fingerprint density at radius 2 is 1.70 bits per heavy atom. The van der Waals surface area contributed by atoms with Gasteiger partial charge < -0.3 is 23.9 Å². The lowest BCUT2D eigenvalue weighted by atomic mass is 9.74. The number of hydrogen-bond acceptors (Lipinski definition) is 5. The van der Waals surface area contributed by atoms with Gasteiger partial charge in [0.25, 0.3) is 5.91 Å². The van der Waals surface area contributed by atoms with Crippen LogP contribution in [0.4, 0.5) is 0 Å². The smallest absolute Gasteiger partial charge is 0.255 e. The normalized spacial score (nSPS) is 17.8. The molecule has 0 spiro atoms. The van der Waals surface area contributed by atoms with Crippen LogP contribution in [0.3, 0.4) is 0 Å². The van der Waals surface area contributed by atoms with Crippen LogP contribution in [0.25, 0.3) is 0 Å². The number of amides is 1. The van der Waals surface area contributed by atoms with E-state index in [1.54, 1.807) is 19.2 Å². The maximum absolute atomic E-state index is 13.1. The average Bonchev–Trinajstić information content (AvgIpc) is 2.99. The second-order valence-electron chi connectivity index (χ2n) is 7.71. The Balaban J connectivity index is 1.93. The van der Waals surface area contributed by atoms with Crippen LogP contribution >= 0.6 is 0 Å². The van der Waals surface area contributed by atoms with Crippen LogP contribution in [0.2, 0.25) is 0 Å². The van der Waals surface area contributed by atoms with Crippen LogP contribution in [-0.4, -0.2) is 27.2 Å². The number of fused-ring (bicyclic) bond motifs is 1. The quantitative estimate of drug-likeness (QED) is 0.856. The van der Waals surface area contributed by atoms with Gasteiger partial charge in [-0.25, -0.2) is 0 Å². The Morgan fingerprint density at radius 3 is 2.33 bits per heavy atom. The Kier molecular flexibility index (Phi) is 5.09. The first kappa shape index (κ1) is 19.1. The van der Waals surface area contributed by atoms with Crippen molar-refractivity contribution in [3.8, 4) is 17.2 Å². The molecule has 3 rings (SSSR count). The zero-order chi connectivity index (χ0) is 19.8. The Hall–Kier alpha value is -2.63. The molecule has 1 aliphatic carbocycles. The van der Waals surface area contributed by atoms with Gasteiger partial charge >= 0.3 is 0 Å². The number of hydrogen-bond donors (Lipinski definition) is 1. The molecule has 1 N–H and O–H groups in total. The standard InChI is InChI=1S/C21H27NO5/c1-12-7-13-15(10-21(2,3)11-19(13)27-12)22-20(23)14-8-17(25-5)18(26-6)9-16(14)24-4/h7-9,15H,10-11H2,1-6H3,(H,22,23). The van der Waals surface area contributed by atoms with Crippen LogP contribution < -0.4 is 19.5 Å². The van der Waals surface area contributed by atoms with Crippen molar-refractivity contribution < 1.29 is 23.4 Å². The van der Waals surface area contributed by atoms with Crippen molar-refractivity contribution in [1.82, 2.24) is 5.32 Å². The van der Waals surface area contributed by atoms with E-state index < -0.39 is 0 Å². The van der Waals surface area contributed by atoms with E-state index in [4.69, 9.17) is 18.6 Å². The van der Waals surface area contributed by atoms with Gasteiger partial charge in [0, 0.05) is 24.1 Å². The number of aryl methyl sites for hydroxylation is 1. The van der Waals surface area contributed by atoms with E-state index in [1.165, 1.54) is 14.2 Å². The molecule has 1 aromatic carbocycles. The summed E-state index contributed by atoms with van der Waals surface area (Å²) in [6.07, 6.45) is 1.70. The number of ether oxygens (including phenoxy) is 3. The molecule has 0 radical (unpaired) electrons. The minimum absolute atomic E-state index is 0.0386. The molecule has 27 heavy (non-hydrogen) atoms. The minimum Gasteiger partial charge on any atom is -0.496 e. The SMILES string of the molecule is COc1cc(OC)c(C(=O)NC2CC(C)(C)Cc3oc(C)cc32)cc1OC. The Bertz CT molecular complexity index is 852. The molecule has 1 atom stereocenters. The van der Waals surface area contributed by atoms with E-state index >= 15 is 0 Å². The molecule has 0 bridgehead atoms. The number of furan rings is 1. The van der Waals surface area contributed by atoms with Crippen molar-refractivity contribution in [2.24, 2.45) is 5.41 Å². The summed E-state index contributed by atoms with van der Waals surface area (Å²) in [5.41, 5.74) is 1.50. The summed E-state index contributed by atoms with van der Waals surface area (Å²) in [5, 5.41) is 3.15. The number of nitrogens with one attached hydrogen (secondary N) is 1. The van der Waals surface area contributed by atoms with Gasteiger partial charge in [0.15, 0.2) is 11.5 Å². The molecule has 6 nitrogen and oxygen atoms in total. The number of benzene rings is 1. The highest BCUT2D eigenvalue weighted by Gasteiger charge is 2.36. The Labute approximate surface area is 159 Å². The molecule has 6 heteroatoms. The largest absolute Gasteiger partial charge is 0.496 e. The third-order valence-electron chi connectivity index (χ3n) is 4.99. The van der Waals surface area contributed by atoms with Crippen LogP contribution in [0.15, 0.2) is 22.6 Å². The monoisotopic (exact) mass is 373 g/mol. The molecule has 1 aromatic heterocycles. The third-order valence-corrected chi connectivity index (χ3v) is 4.99. The van der Waals surface area contributed by atoms with Crippen LogP contribution in [-0.2, 0) is 6.42 Å². The van der Waals surface area contributed by atoms with Crippen molar-refractivity contribution in [2.45, 2.75) is 39.7 Å². The van der Waals surface area contributed by atoms with E-state index in [2.05, 4.69) is 19.2 Å². The summed E-state index contributed by atoms with van der Waals surface area (Å²) in [7, 11) is 4.61. The highest BCUT2D eigenvalue weighted by molar-refractivity contribution is 5.98. The van der Waals surface area contributed by atoms with Crippen molar-refractivity contribution >= 4 is 5.91 Å². The molecule has 2 aromatic rings. The van der Waals surface area contributed by atoms with Gasteiger partial charge in [-0.2, -0.15) is 0 Å². The molecule has 1 unspecified atom stereocenters. The fourth-order valence-electron chi connectivity index (χ4n) is 3.76. The minimum atomic E-state index is -0.222. The first-order chi connectivity index (χ1) is 12.8. The predicted molar refractivity (Wildman–Crippen MR) is 102 cm³/mol. The summed E-state index contributed by atoms with van der Waals surface area (Å²) >= 11 is 0. The highest BCUT2D eigenvalue weighted by atomic mass is 16.5. The second-order valence-corrected chi connectivity index (χ2v) is 7.71. The lowest BCUT2D eigenvalue weighted by Crippen LogP contribution is -2.36. The molecule has 0 fully saturated rings. The summed E-state index contributed by atoms with van der Waals surface area (Å²) in [5.74, 6) is 3.02. The van der Waals surface area contributed by atoms with E-state index in [0.717, 1.165) is 29.9 Å². The molecular formula is C21H27NO5. The first-order valence-electron chi connectivity index (χ1n) is 8.98. The summed E-state index contributed by atoms with van der Waals surface area (Å²) in [4.78, 5) is 13.1. The topological polar surface area (TPSA) is 69.9 Å². The Morgan fingerprint density at radius 1 is 1.07 bits per heavy atom. The number of carbonyl (C=O) groups is 1. The summed E-state index contributed by atoms with van der Waals surface area (Å²) < 4.78 is 21.9. The third kappa shape index (κ3) is 3.75. The zero-order valence-corrected chi connectivity index (χ0v) is 16.8. The molecule has 1 heterocycles. The van der Waals surface area contributed by atoms with Gasteiger partial charge in [-0.05, 0) is 24.8 Å². The fourth-order valence-corrected chi connectivity index (χ4v) is 3.76. The van der Waals surface area contributed by atoms with Crippen LogP contribution in [0.5, 0.6) is 17.2 Å². The number of carbonyl (C=O) groups excluding carboxylic acids is 1. The maximum Gasteiger partial charge on any atom is 0.255 e. The fraction of sp³-hybridized carbons (Fsp3) is 0.476. The van der Waals surface area contributed by atoms with Crippen molar-refractivity contribution in [3.63, 3.8) is 0 Å². The zero-order valence-electron chi connectivity index (χ0n) is 16.8. The van der Waals surface area contributed by atoms with E-state index in [9.17, 15) is 4.79 Å². The predicted octanol–water partition coefficient (Wildman–Crippen LogP) is 4.06. The van der Waals surface area contributed by atoms with Crippen LogP contribution in [0.1, 0.15) is 53.8 Å². The molecule has 146 valence electrons. The molecule has 1 aliphatic rings.